The quantitative estimate of drug-likeness (QED) is 0.545. The topological polar surface area (TPSA) is 46.2 Å². The number of hydrogen-bond donors (Lipinski definition) is 2. The van der Waals surface area contributed by atoms with E-state index in [0.717, 1.165) is 12.8 Å². The maximum Gasteiger partial charge on any atom is 0.0597 e. The Labute approximate surface area is 67.8 Å². The summed E-state index contributed by atoms with van der Waals surface area (Å²) < 4.78 is 0. The lowest BCUT2D eigenvalue weighted by atomic mass is 9.68. The minimum Gasteiger partial charge on any atom is -0.393 e. The molecule has 2 rings (SSSR count). The lowest BCUT2D eigenvalue weighted by Crippen LogP contribution is -2.45. The summed E-state index contributed by atoms with van der Waals surface area (Å²) in [4.78, 5) is 0. The summed E-state index contributed by atoms with van der Waals surface area (Å²) in [6.45, 7) is 0. The highest BCUT2D eigenvalue weighted by molar-refractivity contribution is 4.90. The van der Waals surface area contributed by atoms with Crippen molar-refractivity contribution < 1.29 is 5.11 Å². The van der Waals surface area contributed by atoms with E-state index in [0.29, 0.717) is 17.9 Å². The maximum absolute atomic E-state index is 9.75. The Kier molecular flexibility index (Phi) is 1.90. The van der Waals surface area contributed by atoms with E-state index in [-0.39, 0.29) is 6.10 Å². The van der Waals surface area contributed by atoms with Crippen molar-refractivity contribution in [2.24, 2.45) is 17.6 Å². The van der Waals surface area contributed by atoms with Crippen LogP contribution in [0.1, 0.15) is 32.1 Å². The second kappa shape index (κ2) is 2.76. The van der Waals surface area contributed by atoms with Crippen molar-refractivity contribution in [1.82, 2.24) is 0 Å². The van der Waals surface area contributed by atoms with E-state index in [1.807, 2.05) is 0 Å². The molecule has 0 unspecified atom stereocenters. The number of aliphatic hydroxyl groups excluding tert-OH is 1. The molecule has 0 aromatic rings. The molecule has 2 nitrogen and oxygen atoms in total. The van der Waals surface area contributed by atoms with Crippen molar-refractivity contribution in [3.8, 4) is 0 Å². The van der Waals surface area contributed by atoms with E-state index < -0.39 is 0 Å². The summed E-state index contributed by atoms with van der Waals surface area (Å²) >= 11 is 0. The predicted molar refractivity (Wildman–Crippen MR) is 44.0 cm³/mol. The zero-order chi connectivity index (χ0) is 7.84. The van der Waals surface area contributed by atoms with Crippen LogP contribution in [0.15, 0.2) is 0 Å². The fraction of sp³-hybridized carbons (Fsp3) is 1.00. The van der Waals surface area contributed by atoms with E-state index in [2.05, 4.69) is 0 Å². The van der Waals surface area contributed by atoms with Gasteiger partial charge in [0, 0.05) is 6.04 Å². The molecule has 0 amide bonds. The van der Waals surface area contributed by atoms with Gasteiger partial charge in [-0.15, -0.1) is 0 Å². The Morgan fingerprint density at radius 3 is 2.18 bits per heavy atom. The molecule has 0 heterocycles. The lowest BCUT2D eigenvalue weighted by molar-refractivity contribution is -0.0202. The smallest absolute Gasteiger partial charge is 0.0597 e. The summed E-state index contributed by atoms with van der Waals surface area (Å²) in [5.74, 6) is 1.05. The Hall–Kier alpha value is -0.0800. The largest absolute Gasteiger partial charge is 0.393 e. The zero-order valence-corrected chi connectivity index (χ0v) is 6.87. The van der Waals surface area contributed by atoms with Gasteiger partial charge in [0.25, 0.3) is 0 Å². The molecule has 0 aromatic carbocycles. The minimum atomic E-state index is -0.0245. The van der Waals surface area contributed by atoms with Gasteiger partial charge < -0.3 is 10.8 Å². The molecule has 2 fully saturated rings. The molecule has 2 heteroatoms. The van der Waals surface area contributed by atoms with Crippen molar-refractivity contribution in [2.45, 2.75) is 44.2 Å². The van der Waals surface area contributed by atoms with E-state index >= 15 is 0 Å². The van der Waals surface area contributed by atoms with Gasteiger partial charge >= 0.3 is 0 Å². The Morgan fingerprint density at radius 2 is 1.64 bits per heavy atom. The van der Waals surface area contributed by atoms with Crippen molar-refractivity contribution in [3.63, 3.8) is 0 Å². The first kappa shape index (κ1) is 7.56. The summed E-state index contributed by atoms with van der Waals surface area (Å²) in [7, 11) is 0. The third kappa shape index (κ3) is 1.30. The summed E-state index contributed by atoms with van der Waals surface area (Å²) in [5, 5.41) is 9.75. The SMILES string of the molecule is NC1C[C@H]2CCC[C@H](C1)C2O. The van der Waals surface area contributed by atoms with Gasteiger partial charge in [-0.3, -0.25) is 0 Å². The number of aliphatic hydroxyl groups is 1. The fourth-order valence-corrected chi connectivity index (χ4v) is 2.76. The van der Waals surface area contributed by atoms with Crippen molar-refractivity contribution in [3.05, 3.63) is 0 Å². The van der Waals surface area contributed by atoms with Gasteiger partial charge in [-0.25, -0.2) is 0 Å². The molecule has 11 heavy (non-hydrogen) atoms. The van der Waals surface area contributed by atoms with Gasteiger partial charge in [0.05, 0.1) is 6.10 Å². The van der Waals surface area contributed by atoms with Gasteiger partial charge in [0.2, 0.25) is 0 Å². The highest BCUT2D eigenvalue weighted by atomic mass is 16.3. The average Bonchev–Trinajstić information content (AvgIpc) is 1.92. The van der Waals surface area contributed by atoms with E-state index in [4.69, 9.17) is 5.73 Å². The molecule has 2 aliphatic carbocycles. The molecular formula is C9H17NO. The molecule has 0 aromatic heterocycles. The molecule has 3 N–H and O–H groups in total. The first-order valence-electron chi connectivity index (χ1n) is 4.71. The Bertz CT molecular complexity index is 134. The highest BCUT2D eigenvalue weighted by Gasteiger charge is 2.37. The predicted octanol–water partition coefficient (Wildman–Crippen LogP) is 0.885. The van der Waals surface area contributed by atoms with Gasteiger partial charge in [0.1, 0.15) is 0 Å². The average molecular weight is 155 g/mol. The van der Waals surface area contributed by atoms with Crippen LogP contribution in [0.25, 0.3) is 0 Å². The highest BCUT2D eigenvalue weighted by Crippen LogP contribution is 2.39. The van der Waals surface area contributed by atoms with Crippen LogP contribution in [-0.4, -0.2) is 17.3 Å². The minimum absolute atomic E-state index is 0.0245. The number of fused-ring (bicyclic) bond motifs is 2. The van der Waals surface area contributed by atoms with Crippen molar-refractivity contribution in [1.29, 1.82) is 0 Å². The van der Waals surface area contributed by atoms with Gasteiger partial charge in [-0.05, 0) is 37.5 Å². The summed E-state index contributed by atoms with van der Waals surface area (Å²) in [6.07, 6.45) is 5.79. The van der Waals surface area contributed by atoms with Gasteiger partial charge in [0.15, 0.2) is 0 Å². The molecular weight excluding hydrogens is 138 g/mol. The van der Waals surface area contributed by atoms with E-state index in [9.17, 15) is 5.11 Å². The van der Waals surface area contributed by atoms with E-state index in [1.165, 1.54) is 19.3 Å². The first-order valence-corrected chi connectivity index (χ1v) is 4.71. The van der Waals surface area contributed by atoms with Gasteiger partial charge in [-0.1, -0.05) is 6.42 Å². The number of rotatable bonds is 0. The summed E-state index contributed by atoms with van der Waals surface area (Å²) in [6, 6.07) is 0.369. The van der Waals surface area contributed by atoms with Crippen molar-refractivity contribution >= 4 is 0 Å². The lowest BCUT2D eigenvalue weighted by Gasteiger charge is -2.42. The standard InChI is InChI=1S/C9H17NO/c10-8-4-6-2-1-3-7(5-8)9(6)11/h6-9,11H,1-5,10H2/t6-,7-,8?,9?/m1/s1. The van der Waals surface area contributed by atoms with Crippen LogP contribution in [0.5, 0.6) is 0 Å². The molecule has 2 aliphatic rings. The van der Waals surface area contributed by atoms with Crippen LogP contribution in [0.2, 0.25) is 0 Å². The fourth-order valence-electron chi connectivity index (χ4n) is 2.76. The van der Waals surface area contributed by atoms with Crippen LogP contribution in [0, 0.1) is 11.8 Å². The Balaban J connectivity index is 2.07. The van der Waals surface area contributed by atoms with Crippen LogP contribution in [0.3, 0.4) is 0 Å². The monoisotopic (exact) mass is 155 g/mol. The van der Waals surface area contributed by atoms with E-state index in [1.54, 1.807) is 0 Å². The second-order valence-corrected chi connectivity index (χ2v) is 4.17. The molecule has 64 valence electrons. The number of nitrogens with two attached hydrogens (primary N) is 1. The molecule has 2 saturated carbocycles. The second-order valence-electron chi connectivity index (χ2n) is 4.17. The molecule has 0 radical (unpaired) electrons. The van der Waals surface area contributed by atoms with Crippen LogP contribution < -0.4 is 5.73 Å². The molecule has 2 bridgehead atoms. The third-order valence-electron chi connectivity index (χ3n) is 3.33. The Morgan fingerprint density at radius 1 is 1.09 bits per heavy atom. The molecule has 2 atom stereocenters. The molecule has 0 saturated heterocycles. The van der Waals surface area contributed by atoms with Crippen LogP contribution in [0.4, 0.5) is 0 Å². The van der Waals surface area contributed by atoms with Gasteiger partial charge in [-0.2, -0.15) is 0 Å². The van der Waals surface area contributed by atoms with Crippen LogP contribution >= 0.6 is 0 Å². The normalized spacial score (nSPS) is 50.7. The molecule has 0 aliphatic heterocycles. The van der Waals surface area contributed by atoms with Crippen molar-refractivity contribution in [2.75, 3.05) is 0 Å². The van der Waals surface area contributed by atoms with Crippen LogP contribution in [-0.2, 0) is 0 Å². The third-order valence-corrected chi connectivity index (χ3v) is 3.33. The zero-order valence-electron chi connectivity index (χ0n) is 6.87. The first-order chi connectivity index (χ1) is 5.27. The molecule has 0 spiro atoms. The number of hydrogen-bond acceptors (Lipinski definition) is 2. The summed E-state index contributed by atoms with van der Waals surface area (Å²) in [5.41, 5.74) is 5.88. The maximum atomic E-state index is 9.75.